The predicted molar refractivity (Wildman–Crippen MR) is 91.7 cm³/mol. The predicted octanol–water partition coefficient (Wildman–Crippen LogP) is 1.88. The molecule has 1 saturated carbocycles. The molecule has 2 aliphatic heterocycles. The van der Waals surface area contributed by atoms with Gasteiger partial charge >= 0.3 is 0 Å². The average Bonchev–Trinajstić information content (AvgIpc) is 3.00. The molecule has 5 rings (SSSR count). The van der Waals surface area contributed by atoms with Gasteiger partial charge in [-0.2, -0.15) is 0 Å². The maximum Gasteiger partial charge on any atom is 0.134 e. The number of aryl methyl sites for hydroxylation is 1. The number of fused-ring (bicyclic) bond motifs is 1. The van der Waals surface area contributed by atoms with Gasteiger partial charge < -0.3 is 9.47 Å². The van der Waals surface area contributed by atoms with Gasteiger partial charge in [-0.15, -0.1) is 0 Å². The molecule has 2 unspecified atom stereocenters. The first kappa shape index (κ1) is 14.4. The van der Waals surface area contributed by atoms with Gasteiger partial charge in [-0.1, -0.05) is 0 Å². The Hall–Kier alpha value is -1.95. The molecule has 3 aliphatic rings. The summed E-state index contributed by atoms with van der Waals surface area (Å²) in [5, 5.41) is 0. The summed E-state index contributed by atoms with van der Waals surface area (Å²) in [7, 11) is 0. The van der Waals surface area contributed by atoms with Crippen LogP contribution in [0, 0.1) is 18.8 Å². The summed E-state index contributed by atoms with van der Waals surface area (Å²) in [6.07, 6.45) is 10.3. The van der Waals surface area contributed by atoms with Crippen LogP contribution in [0.1, 0.15) is 30.1 Å². The Morgan fingerprint density at radius 2 is 1.83 bits per heavy atom. The third-order valence-corrected chi connectivity index (χ3v) is 5.80. The molecule has 1 aliphatic carbocycles. The van der Waals surface area contributed by atoms with Crippen LogP contribution in [-0.4, -0.2) is 50.6 Å². The van der Waals surface area contributed by atoms with Crippen LogP contribution < -0.4 is 4.90 Å². The fourth-order valence-electron chi connectivity index (χ4n) is 4.48. The van der Waals surface area contributed by atoms with Crippen molar-refractivity contribution in [3.63, 3.8) is 0 Å². The standard InChI is InChI=1S/C18H24N6/c1-13-4-19-11-21-18(13)23-8-14-6-22(7-15(14)9-23)10-17-5-20-12-24(17)16-2-3-16/h4-5,11-12,14-16H,2-3,6-10H2,1H3. The maximum atomic E-state index is 4.49. The fraction of sp³-hybridized carbons (Fsp3) is 0.611. The Labute approximate surface area is 142 Å². The van der Waals surface area contributed by atoms with Gasteiger partial charge in [-0.05, 0) is 31.6 Å². The number of imidazole rings is 1. The van der Waals surface area contributed by atoms with Crippen molar-refractivity contribution >= 4 is 5.82 Å². The molecule has 0 amide bonds. The van der Waals surface area contributed by atoms with Gasteiger partial charge in [0.1, 0.15) is 12.1 Å². The summed E-state index contributed by atoms with van der Waals surface area (Å²) >= 11 is 0. The van der Waals surface area contributed by atoms with Crippen molar-refractivity contribution in [1.82, 2.24) is 24.4 Å². The molecule has 0 radical (unpaired) electrons. The highest BCUT2D eigenvalue weighted by Crippen LogP contribution is 2.37. The number of anilines is 1. The Morgan fingerprint density at radius 1 is 1.04 bits per heavy atom. The third-order valence-electron chi connectivity index (χ3n) is 5.80. The van der Waals surface area contributed by atoms with Gasteiger partial charge in [0.15, 0.2) is 0 Å². The molecule has 4 heterocycles. The number of hydrogen-bond acceptors (Lipinski definition) is 5. The van der Waals surface area contributed by atoms with E-state index in [-0.39, 0.29) is 0 Å². The third kappa shape index (κ3) is 2.49. The van der Waals surface area contributed by atoms with Crippen molar-refractivity contribution < 1.29 is 0 Å². The lowest BCUT2D eigenvalue weighted by Crippen LogP contribution is -2.30. The zero-order valence-electron chi connectivity index (χ0n) is 14.2. The van der Waals surface area contributed by atoms with Crippen LogP contribution in [0.15, 0.2) is 25.0 Å². The molecule has 2 atom stereocenters. The lowest BCUT2D eigenvalue weighted by atomic mass is 10.0. The smallest absolute Gasteiger partial charge is 0.134 e. The molecule has 2 aromatic rings. The molecular formula is C18H24N6. The Morgan fingerprint density at radius 3 is 2.54 bits per heavy atom. The van der Waals surface area contributed by atoms with Gasteiger partial charge in [-0.3, -0.25) is 4.90 Å². The van der Waals surface area contributed by atoms with Crippen LogP contribution in [0.2, 0.25) is 0 Å². The highest BCUT2D eigenvalue weighted by atomic mass is 15.3. The largest absolute Gasteiger partial charge is 0.356 e. The lowest BCUT2D eigenvalue weighted by molar-refractivity contribution is 0.300. The van der Waals surface area contributed by atoms with E-state index in [0.29, 0.717) is 0 Å². The molecule has 3 fully saturated rings. The number of hydrogen-bond donors (Lipinski definition) is 0. The van der Waals surface area contributed by atoms with Crippen molar-refractivity contribution in [3.8, 4) is 0 Å². The van der Waals surface area contributed by atoms with Crippen molar-refractivity contribution in [3.05, 3.63) is 36.3 Å². The highest BCUT2D eigenvalue weighted by Gasteiger charge is 2.41. The molecule has 6 nitrogen and oxygen atoms in total. The second-order valence-corrected chi connectivity index (χ2v) is 7.67. The molecule has 2 aromatic heterocycles. The summed E-state index contributed by atoms with van der Waals surface area (Å²) in [5.74, 6) is 2.64. The van der Waals surface area contributed by atoms with Gasteiger partial charge in [0.05, 0.1) is 12.0 Å². The monoisotopic (exact) mass is 324 g/mol. The first-order chi connectivity index (χ1) is 11.8. The summed E-state index contributed by atoms with van der Waals surface area (Å²) in [6, 6.07) is 0.723. The van der Waals surface area contributed by atoms with Gasteiger partial charge in [-0.25, -0.2) is 15.0 Å². The first-order valence-electron chi connectivity index (χ1n) is 9.02. The van der Waals surface area contributed by atoms with Crippen molar-refractivity contribution in [1.29, 1.82) is 0 Å². The topological polar surface area (TPSA) is 50.1 Å². The summed E-state index contributed by atoms with van der Waals surface area (Å²) < 4.78 is 2.39. The second kappa shape index (κ2) is 5.55. The fourth-order valence-corrected chi connectivity index (χ4v) is 4.48. The highest BCUT2D eigenvalue weighted by molar-refractivity contribution is 5.46. The molecule has 2 saturated heterocycles. The number of likely N-dealkylation sites (tertiary alicyclic amines) is 1. The zero-order valence-corrected chi connectivity index (χ0v) is 14.2. The minimum absolute atomic E-state index is 0.723. The van der Waals surface area contributed by atoms with E-state index >= 15 is 0 Å². The minimum atomic E-state index is 0.723. The van der Waals surface area contributed by atoms with Gasteiger partial charge in [0.2, 0.25) is 0 Å². The first-order valence-corrected chi connectivity index (χ1v) is 9.02. The van der Waals surface area contributed by atoms with E-state index in [1.807, 2.05) is 12.5 Å². The molecular weight excluding hydrogens is 300 g/mol. The normalized spacial score (nSPS) is 27.0. The Kier molecular flexibility index (Phi) is 3.33. The molecule has 0 bridgehead atoms. The molecule has 0 N–H and O–H groups in total. The van der Waals surface area contributed by atoms with E-state index in [2.05, 4.69) is 42.4 Å². The van der Waals surface area contributed by atoms with Crippen molar-refractivity contribution in [2.24, 2.45) is 11.8 Å². The van der Waals surface area contributed by atoms with Crippen LogP contribution in [0.3, 0.4) is 0 Å². The lowest BCUT2D eigenvalue weighted by Gasteiger charge is -2.23. The van der Waals surface area contributed by atoms with Gasteiger partial charge in [0.25, 0.3) is 0 Å². The SMILES string of the molecule is Cc1cncnc1N1CC2CN(Cc3cncn3C3CC3)CC2C1. The zero-order chi connectivity index (χ0) is 16.1. The molecule has 126 valence electrons. The van der Waals surface area contributed by atoms with Crippen LogP contribution in [0.25, 0.3) is 0 Å². The molecule has 0 aromatic carbocycles. The second-order valence-electron chi connectivity index (χ2n) is 7.67. The molecule has 0 spiro atoms. The van der Waals surface area contributed by atoms with E-state index < -0.39 is 0 Å². The quantitative estimate of drug-likeness (QED) is 0.859. The van der Waals surface area contributed by atoms with Crippen LogP contribution in [0.4, 0.5) is 5.82 Å². The number of nitrogens with zero attached hydrogens (tertiary/aromatic N) is 6. The van der Waals surface area contributed by atoms with Crippen LogP contribution >= 0.6 is 0 Å². The number of aromatic nitrogens is 4. The van der Waals surface area contributed by atoms with E-state index in [1.165, 1.54) is 37.2 Å². The number of rotatable bonds is 4. The van der Waals surface area contributed by atoms with E-state index in [1.54, 1.807) is 6.33 Å². The van der Waals surface area contributed by atoms with Crippen LogP contribution in [0.5, 0.6) is 0 Å². The van der Waals surface area contributed by atoms with E-state index in [9.17, 15) is 0 Å². The minimum Gasteiger partial charge on any atom is -0.356 e. The van der Waals surface area contributed by atoms with E-state index in [4.69, 9.17) is 0 Å². The summed E-state index contributed by atoms with van der Waals surface area (Å²) in [4.78, 5) is 18.1. The Balaban J connectivity index is 1.24. The Bertz CT molecular complexity index is 723. The molecule has 24 heavy (non-hydrogen) atoms. The summed E-state index contributed by atoms with van der Waals surface area (Å²) in [5.41, 5.74) is 2.57. The summed E-state index contributed by atoms with van der Waals surface area (Å²) in [6.45, 7) is 7.80. The van der Waals surface area contributed by atoms with Crippen molar-refractivity contribution in [2.75, 3.05) is 31.1 Å². The maximum absolute atomic E-state index is 4.49. The average molecular weight is 324 g/mol. The van der Waals surface area contributed by atoms with Crippen molar-refractivity contribution in [2.45, 2.75) is 32.4 Å². The van der Waals surface area contributed by atoms with Crippen LogP contribution in [-0.2, 0) is 6.54 Å². The van der Waals surface area contributed by atoms with Gasteiger partial charge in [0, 0.05) is 56.7 Å². The van der Waals surface area contributed by atoms with E-state index in [0.717, 1.165) is 43.3 Å². The molecule has 6 heteroatoms.